The number of epoxide rings is 1. The third-order valence-corrected chi connectivity index (χ3v) is 10.5. The number of rotatable bonds is 1. The number of hydrogen-bond donors (Lipinski definition) is 2. The van der Waals surface area contributed by atoms with Crippen molar-refractivity contribution in [1.82, 2.24) is 0 Å². The number of aliphatic hydroxyl groups excluding tert-OH is 2. The van der Waals surface area contributed by atoms with Gasteiger partial charge in [-0.05, 0) is 68.6 Å². The minimum Gasteiger partial charge on any atom is -0.393 e. The summed E-state index contributed by atoms with van der Waals surface area (Å²) >= 11 is 0. The van der Waals surface area contributed by atoms with E-state index in [1.54, 1.807) is 0 Å². The van der Waals surface area contributed by atoms with Gasteiger partial charge in [0.2, 0.25) is 0 Å². The fourth-order valence-electron chi connectivity index (χ4n) is 9.37. The van der Waals surface area contributed by atoms with Crippen molar-refractivity contribution in [3.8, 4) is 0 Å². The highest BCUT2D eigenvalue weighted by molar-refractivity contribution is 5.25. The Balaban J connectivity index is 1.36. The second kappa shape index (κ2) is 5.53. The average molecular weight is 393 g/mol. The first-order chi connectivity index (χ1) is 13.2. The van der Waals surface area contributed by atoms with Crippen LogP contribution in [0.5, 0.6) is 0 Å². The largest absolute Gasteiger partial charge is 0.393 e. The predicted octanol–water partition coefficient (Wildman–Crippen LogP) is 2.87. The van der Waals surface area contributed by atoms with E-state index in [1.807, 2.05) is 0 Å². The quantitative estimate of drug-likeness (QED) is 0.672. The molecule has 6 aliphatic rings. The van der Waals surface area contributed by atoms with Crippen LogP contribution in [0.1, 0.15) is 65.7 Å². The maximum absolute atomic E-state index is 11.6. The molecule has 28 heavy (non-hydrogen) atoms. The molecule has 10 unspecified atom stereocenters. The van der Waals surface area contributed by atoms with Crippen molar-refractivity contribution in [3.63, 3.8) is 0 Å². The van der Waals surface area contributed by atoms with Crippen molar-refractivity contribution in [1.29, 1.82) is 0 Å². The van der Waals surface area contributed by atoms with E-state index in [9.17, 15) is 10.2 Å². The average Bonchev–Trinajstić information content (AvgIpc) is 2.95. The molecule has 10 atom stereocenters. The maximum atomic E-state index is 11.6. The molecule has 4 saturated carbocycles. The number of ether oxygens (including phenoxy) is 3. The third-order valence-electron chi connectivity index (χ3n) is 10.5. The Morgan fingerprint density at radius 3 is 2.43 bits per heavy atom. The highest BCUT2D eigenvalue weighted by atomic mass is 16.7. The van der Waals surface area contributed by atoms with Gasteiger partial charge < -0.3 is 24.4 Å². The first-order valence-electron chi connectivity index (χ1n) is 11.6. The molecular weight excluding hydrogens is 356 g/mol. The number of fused-ring (bicyclic) bond motifs is 4. The highest BCUT2D eigenvalue weighted by Crippen LogP contribution is 2.74. The second-order valence-electron chi connectivity index (χ2n) is 11.5. The summed E-state index contributed by atoms with van der Waals surface area (Å²) in [7, 11) is 0. The van der Waals surface area contributed by atoms with Crippen LogP contribution in [-0.2, 0) is 14.2 Å². The Labute approximate surface area is 168 Å². The van der Waals surface area contributed by atoms with Crippen LogP contribution in [0, 0.1) is 34.5 Å². The van der Waals surface area contributed by atoms with Crippen LogP contribution >= 0.6 is 0 Å². The van der Waals surface area contributed by atoms with Crippen molar-refractivity contribution in [2.24, 2.45) is 34.5 Å². The Bertz CT molecular complexity index is 676. The van der Waals surface area contributed by atoms with Crippen LogP contribution in [0.3, 0.4) is 0 Å². The standard InChI is InChI=1S/C23H36O5/c1-20-12-16(25)19-14(15(20)4-5-17(20)22(3)26-8-9-27-22)10-18-23(28-18)11-13(24)6-7-21(19,23)2/h13-19,24-25H,4-12H2,1-3H3. The van der Waals surface area contributed by atoms with Gasteiger partial charge in [-0.3, -0.25) is 0 Å². The molecule has 6 rings (SSSR count). The molecule has 0 bridgehead atoms. The molecule has 6 fully saturated rings. The maximum Gasteiger partial charge on any atom is 0.169 e. The van der Waals surface area contributed by atoms with Gasteiger partial charge in [0.15, 0.2) is 5.79 Å². The molecule has 2 N–H and O–H groups in total. The zero-order chi connectivity index (χ0) is 19.5. The van der Waals surface area contributed by atoms with Crippen molar-refractivity contribution in [2.75, 3.05) is 13.2 Å². The van der Waals surface area contributed by atoms with Crippen LogP contribution in [0.25, 0.3) is 0 Å². The van der Waals surface area contributed by atoms with Gasteiger partial charge in [0.25, 0.3) is 0 Å². The summed E-state index contributed by atoms with van der Waals surface area (Å²) in [5.41, 5.74) is -0.135. The van der Waals surface area contributed by atoms with Crippen LogP contribution in [0.4, 0.5) is 0 Å². The molecule has 0 radical (unpaired) electrons. The summed E-state index contributed by atoms with van der Waals surface area (Å²) in [6.45, 7) is 8.24. The molecule has 5 nitrogen and oxygen atoms in total. The first kappa shape index (κ1) is 18.6. The lowest BCUT2D eigenvalue weighted by Gasteiger charge is -2.61. The monoisotopic (exact) mass is 392 g/mol. The molecule has 0 aromatic rings. The molecule has 2 saturated heterocycles. The SMILES string of the molecule is CC1(C2CCC3C4CC5OC56CC(O)CCC6(C)C4C(O)CC32C)OCCO1. The Morgan fingerprint density at radius 1 is 0.929 bits per heavy atom. The molecule has 0 aromatic carbocycles. The second-order valence-corrected chi connectivity index (χ2v) is 11.5. The lowest BCUT2D eigenvalue weighted by atomic mass is 9.43. The Morgan fingerprint density at radius 2 is 1.68 bits per heavy atom. The Kier molecular flexibility index (Phi) is 3.67. The van der Waals surface area contributed by atoms with E-state index in [1.165, 1.54) is 6.42 Å². The van der Waals surface area contributed by atoms with Crippen LogP contribution in [0.2, 0.25) is 0 Å². The van der Waals surface area contributed by atoms with Gasteiger partial charge in [-0.25, -0.2) is 0 Å². The molecule has 4 aliphatic carbocycles. The third kappa shape index (κ3) is 2.06. The van der Waals surface area contributed by atoms with Gasteiger partial charge in [-0.2, -0.15) is 0 Å². The van der Waals surface area contributed by atoms with Gasteiger partial charge in [0.1, 0.15) is 5.60 Å². The zero-order valence-corrected chi connectivity index (χ0v) is 17.5. The molecule has 2 aliphatic heterocycles. The normalized spacial score (nSPS) is 61.8. The molecule has 158 valence electrons. The van der Waals surface area contributed by atoms with Crippen LogP contribution < -0.4 is 0 Å². The van der Waals surface area contributed by atoms with Gasteiger partial charge in [0.05, 0.1) is 31.5 Å². The molecule has 1 spiro atoms. The molecular formula is C23H36O5. The van der Waals surface area contributed by atoms with Gasteiger partial charge in [-0.1, -0.05) is 13.8 Å². The van der Waals surface area contributed by atoms with E-state index in [2.05, 4.69) is 20.8 Å². The Hall–Kier alpha value is -0.200. The molecule has 0 aromatic heterocycles. The van der Waals surface area contributed by atoms with Gasteiger partial charge >= 0.3 is 0 Å². The van der Waals surface area contributed by atoms with E-state index >= 15 is 0 Å². The van der Waals surface area contributed by atoms with E-state index in [0.717, 1.165) is 38.5 Å². The van der Waals surface area contributed by atoms with Crippen molar-refractivity contribution in [3.05, 3.63) is 0 Å². The smallest absolute Gasteiger partial charge is 0.169 e. The number of hydrogen-bond acceptors (Lipinski definition) is 5. The van der Waals surface area contributed by atoms with Crippen molar-refractivity contribution in [2.45, 2.75) is 95.4 Å². The van der Waals surface area contributed by atoms with E-state index in [4.69, 9.17) is 14.2 Å². The summed E-state index contributed by atoms with van der Waals surface area (Å²) in [5, 5.41) is 21.9. The summed E-state index contributed by atoms with van der Waals surface area (Å²) < 4.78 is 18.6. The zero-order valence-electron chi connectivity index (χ0n) is 17.5. The van der Waals surface area contributed by atoms with Gasteiger partial charge in [-0.15, -0.1) is 0 Å². The lowest BCUT2D eigenvalue weighted by Crippen LogP contribution is -2.63. The van der Waals surface area contributed by atoms with Crippen molar-refractivity contribution >= 4 is 0 Å². The minimum atomic E-state index is -0.497. The molecule has 0 amide bonds. The minimum absolute atomic E-state index is 0.0110. The fourth-order valence-corrected chi connectivity index (χ4v) is 9.37. The summed E-state index contributed by atoms with van der Waals surface area (Å²) in [6.07, 6.45) is 6.52. The van der Waals surface area contributed by atoms with Gasteiger partial charge in [0, 0.05) is 17.8 Å². The molecule has 2 heterocycles. The van der Waals surface area contributed by atoms with Crippen LogP contribution in [-0.4, -0.2) is 53.1 Å². The first-order valence-corrected chi connectivity index (χ1v) is 11.6. The fraction of sp³-hybridized carbons (Fsp3) is 1.00. The van der Waals surface area contributed by atoms with Crippen molar-refractivity contribution < 1.29 is 24.4 Å². The van der Waals surface area contributed by atoms with E-state index in [-0.39, 0.29) is 40.7 Å². The summed E-state index contributed by atoms with van der Waals surface area (Å²) in [5.74, 6) is 1.24. The highest BCUT2D eigenvalue weighted by Gasteiger charge is 2.77. The topological polar surface area (TPSA) is 71.5 Å². The predicted molar refractivity (Wildman–Crippen MR) is 102 cm³/mol. The van der Waals surface area contributed by atoms with E-state index in [0.29, 0.717) is 31.0 Å². The lowest BCUT2D eigenvalue weighted by molar-refractivity contribution is -0.229. The summed E-state index contributed by atoms with van der Waals surface area (Å²) in [6, 6.07) is 0. The van der Waals surface area contributed by atoms with E-state index < -0.39 is 5.79 Å². The number of aliphatic hydroxyl groups is 2. The summed E-state index contributed by atoms with van der Waals surface area (Å²) in [4.78, 5) is 0. The molecule has 5 heteroatoms. The van der Waals surface area contributed by atoms with Crippen LogP contribution in [0.15, 0.2) is 0 Å².